The van der Waals surface area contributed by atoms with Gasteiger partial charge in [0, 0.05) is 38.9 Å². The van der Waals surface area contributed by atoms with Crippen molar-refractivity contribution in [1.82, 2.24) is 14.4 Å². The van der Waals surface area contributed by atoms with Crippen LogP contribution in [0.5, 0.6) is 11.5 Å². The highest BCUT2D eigenvalue weighted by Crippen LogP contribution is 2.46. The number of nitrogens with one attached hydrogen (secondary N) is 1. The highest BCUT2D eigenvalue weighted by molar-refractivity contribution is 6.02. The summed E-state index contributed by atoms with van der Waals surface area (Å²) in [5.41, 5.74) is 0.811. The third kappa shape index (κ3) is 4.71. The fourth-order valence-corrected chi connectivity index (χ4v) is 5.90. The van der Waals surface area contributed by atoms with Crippen molar-refractivity contribution in [2.75, 3.05) is 71.0 Å². The molecule has 4 heterocycles. The highest BCUT2D eigenvalue weighted by Gasteiger charge is 2.30. The molecule has 2 fully saturated rings. The van der Waals surface area contributed by atoms with Gasteiger partial charge >= 0.3 is 0 Å². The van der Waals surface area contributed by atoms with Crippen molar-refractivity contribution in [2.45, 2.75) is 6.42 Å². The molecule has 7 rings (SSSR count). The predicted octanol–water partition coefficient (Wildman–Crippen LogP) is 4.00. The lowest BCUT2D eigenvalue weighted by atomic mass is 10.0. The van der Waals surface area contributed by atoms with Crippen molar-refractivity contribution in [3.05, 3.63) is 70.3 Å². The summed E-state index contributed by atoms with van der Waals surface area (Å²) >= 11 is 0. The van der Waals surface area contributed by atoms with E-state index in [2.05, 4.69) is 10.2 Å². The van der Waals surface area contributed by atoms with Gasteiger partial charge in [-0.2, -0.15) is 0 Å². The van der Waals surface area contributed by atoms with Gasteiger partial charge in [-0.25, -0.2) is 4.39 Å². The Morgan fingerprint density at radius 1 is 0.951 bits per heavy atom. The third-order valence-electron chi connectivity index (χ3n) is 8.08. The molecule has 2 saturated heterocycles. The van der Waals surface area contributed by atoms with E-state index >= 15 is 4.39 Å². The second kappa shape index (κ2) is 10.8. The zero-order chi connectivity index (χ0) is 27.9. The molecule has 3 aliphatic heterocycles. The van der Waals surface area contributed by atoms with E-state index in [1.54, 1.807) is 11.1 Å². The molecule has 0 radical (unpaired) electrons. The summed E-state index contributed by atoms with van der Waals surface area (Å²) in [7, 11) is 0. The molecular weight excluding hydrogens is 527 g/mol. The second-order valence-corrected chi connectivity index (χ2v) is 10.6. The summed E-state index contributed by atoms with van der Waals surface area (Å²) in [4.78, 5) is 31.2. The Kier molecular flexibility index (Phi) is 6.82. The van der Waals surface area contributed by atoms with E-state index < -0.39 is 11.2 Å². The van der Waals surface area contributed by atoms with Gasteiger partial charge in [-0.15, -0.1) is 0 Å². The van der Waals surface area contributed by atoms with Crippen LogP contribution in [0.3, 0.4) is 0 Å². The molecule has 0 atom stereocenters. The quantitative estimate of drug-likeness (QED) is 0.316. The van der Waals surface area contributed by atoms with E-state index in [9.17, 15) is 9.59 Å². The van der Waals surface area contributed by atoms with Crippen molar-refractivity contribution >= 4 is 33.3 Å². The maximum atomic E-state index is 15.8. The molecule has 0 saturated carbocycles. The van der Waals surface area contributed by atoms with E-state index in [0.717, 1.165) is 50.0 Å². The number of amides is 1. The first kappa shape index (κ1) is 25.9. The molecule has 0 aliphatic carbocycles. The van der Waals surface area contributed by atoms with Crippen LogP contribution in [-0.2, 0) is 9.47 Å². The van der Waals surface area contributed by atoms with E-state index in [1.165, 1.54) is 6.07 Å². The summed E-state index contributed by atoms with van der Waals surface area (Å²) in [6.07, 6.45) is 2.39. The van der Waals surface area contributed by atoms with Gasteiger partial charge in [0.1, 0.15) is 16.8 Å². The smallest absolute Gasteiger partial charge is 0.259 e. The SMILES string of the molecule is O=C(c1cn2c3c(c(NCCCN4CCOCC4)c(F)cc3c1=O)Oc1cc3ccccc3cc1-2)N1CCOCC1. The number of ether oxygens (including phenoxy) is 3. The number of carbonyl (C=O) groups is 1. The van der Waals surface area contributed by atoms with Crippen LogP contribution in [0, 0.1) is 5.82 Å². The van der Waals surface area contributed by atoms with Crippen LogP contribution in [0.15, 0.2) is 53.5 Å². The first-order valence-electron chi connectivity index (χ1n) is 14.1. The molecule has 0 unspecified atom stereocenters. The Morgan fingerprint density at radius 2 is 1.66 bits per heavy atom. The Balaban J connectivity index is 1.33. The van der Waals surface area contributed by atoms with Gasteiger partial charge in [-0.05, 0) is 41.9 Å². The molecule has 10 heteroatoms. The number of carbonyl (C=O) groups excluding carboxylic acids is 1. The van der Waals surface area contributed by atoms with Crippen LogP contribution >= 0.6 is 0 Å². The number of morpholine rings is 2. The number of aromatic nitrogens is 1. The molecule has 212 valence electrons. The van der Waals surface area contributed by atoms with Crippen LogP contribution in [0.4, 0.5) is 10.1 Å². The van der Waals surface area contributed by atoms with Gasteiger partial charge < -0.3 is 29.0 Å². The van der Waals surface area contributed by atoms with Gasteiger partial charge in [0.05, 0.1) is 37.5 Å². The lowest BCUT2D eigenvalue weighted by Gasteiger charge is -2.29. The van der Waals surface area contributed by atoms with E-state index in [-0.39, 0.29) is 28.3 Å². The third-order valence-corrected chi connectivity index (χ3v) is 8.08. The number of hydrogen-bond donors (Lipinski definition) is 1. The first-order valence-corrected chi connectivity index (χ1v) is 14.1. The molecule has 41 heavy (non-hydrogen) atoms. The molecule has 3 aliphatic rings. The lowest BCUT2D eigenvalue weighted by Crippen LogP contribution is -2.42. The second-order valence-electron chi connectivity index (χ2n) is 10.6. The minimum absolute atomic E-state index is 0.00280. The minimum Gasteiger partial charge on any atom is -0.451 e. The number of rotatable bonds is 6. The zero-order valence-electron chi connectivity index (χ0n) is 22.7. The molecule has 4 aromatic rings. The van der Waals surface area contributed by atoms with Gasteiger partial charge in [-0.3, -0.25) is 14.5 Å². The minimum atomic E-state index is -0.595. The Labute approximate surface area is 236 Å². The van der Waals surface area contributed by atoms with Gasteiger partial charge in [0.25, 0.3) is 5.91 Å². The maximum Gasteiger partial charge on any atom is 0.259 e. The zero-order valence-corrected chi connectivity index (χ0v) is 22.7. The summed E-state index contributed by atoms with van der Waals surface area (Å²) in [6, 6.07) is 13.0. The Bertz CT molecular complexity index is 1710. The van der Waals surface area contributed by atoms with E-state index in [4.69, 9.17) is 14.2 Å². The van der Waals surface area contributed by atoms with Crippen LogP contribution < -0.4 is 15.5 Å². The largest absolute Gasteiger partial charge is 0.451 e. The van der Waals surface area contributed by atoms with Crippen molar-refractivity contribution < 1.29 is 23.4 Å². The number of pyridine rings is 1. The molecule has 0 bridgehead atoms. The molecule has 1 amide bonds. The summed E-state index contributed by atoms with van der Waals surface area (Å²) < 4.78 is 34.8. The normalized spacial score (nSPS) is 17.0. The monoisotopic (exact) mass is 558 g/mol. The number of halogens is 1. The number of nitrogens with zero attached hydrogens (tertiary/aromatic N) is 3. The van der Waals surface area contributed by atoms with Gasteiger partial charge in [-0.1, -0.05) is 24.3 Å². The molecule has 1 aromatic heterocycles. The molecule has 9 nitrogen and oxygen atoms in total. The highest BCUT2D eigenvalue weighted by atomic mass is 19.1. The van der Waals surface area contributed by atoms with Crippen LogP contribution in [0.25, 0.3) is 27.4 Å². The van der Waals surface area contributed by atoms with Crippen molar-refractivity contribution in [2.24, 2.45) is 0 Å². The predicted molar refractivity (Wildman–Crippen MR) is 154 cm³/mol. The number of anilines is 1. The van der Waals surface area contributed by atoms with Crippen molar-refractivity contribution in [3.8, 4) is 17.2 Å². The molecule has 1 N–H and O–H groups in total. The van der Waals surface area contributed by atoms with Crippen molar-refractivity contribution in [3.63, 3.8) is 0 Å². The van der Waals surface area contributed by atoms with Crippen LogP contribution in [0.1, 0.15) is 16.8 Å². The Morgan fingerprint density at radius 3 is 2.41 bits per heavy atom. The summed E-state index contributed by atoms with van der Waals surface area (Å²) in [6.45, 7) is 6.25. The maximum absolute atomic E-state index is 15.8. The number of hydrogen-bond acceptors (Lipinski definition) is 7. The molecule has 0 spiro atoms. The number of benzene rings is 3. The summed E-state index contributed by atoms with van der Waals surface area (Å²) in [5.74, 6) is -0.211. The van der Waals surface area contributed by atoms with Crippen molar-refractivity contribution in [1.29, 1.82) is 0 Å². The average Bonchev–Trinajstić information content (AvgIpc) is 3.01. The lowest BCUT2D eigenvalue weighted by molar-refractivity contribution is 0.0301. The number of fused-ring (bicyclic) bond motifs is 3. The van der Waals surface area contributed by atoms with E-state index in [0.29, 0.717) is 49.8 Å². The van der Waals surface area contributed by atoms with Crippen LogP contribution in [0.2, 0.25) is 0 Å². The van der Waals surface area contributed by atoms with Crippen LogP contribution in [-0.4, -0.2) is 86.0 Å². The average molecular weight is 559 g/mol. The molecule has 3 aromatic carbocycles. The standard InChI is InChI=1S/C31H31FN4O5/c32-24-18-22-28-30(27(24)33-6-3-7-34-8-12-39-13-9-34)41-26-17-21-5-2-1-4-20(21)16-25(26)36(28)19-23(29(22)37)31(38)35-10-14-40-15-11-35/h1-2,4-5,16-19,33H,3,6-15H2. The van der Waals surface area contributed by atoms with E-state index in [1.807, 2.05) is 41.0 Å². The summed E-state index contributed by atoms with van der Waals surface area (Å²) in [5, 5.41) is 5.29. The fourth-order valence-electron chi connectivity index (χ4n) is 5.90. The fraction of sp³-hybridized carbons (Fsp3) is 0.355. The first-order chi connectivity index (χ1) is 20.1. The topological polar surface area (TPSA) is 85.3 Å². The van der Waals surface area contributed by atoms with Gasteiger partial charge in [0.2, 0.25) is 5.43 Å². The Hall–Kier alpha value is -3.99. The van der Waals surface area contributed by atoms with Gasteiger partial charge in [0.15, 0.2) is 17.3 Å². The molecular formula is C31H31FN4O5.